The number of rotatable bonds is 9. The van der Waals surface area contributed by atoms with Crippen molar-refractivity contribution in [3.8, 4) is 0 Å². The Morgan fingerprint density at radius 3 is 2.53 bits per heavy atom. The molecular weight excluding hydrogens is 188 g/mol. The molecule has 0 aromatic rings. The maximum atomic E-state index is 10.5. The first kappa shape index (κ1) is 14.4. The van der Waals surface area contributed by atoms with Gasteiger partial charge in [0.15, 0.2) is 0 Å². The van der Waals surface area contributed by atoms with Crippen molar-refractivity contribution in [2.45, 2.75) is 52.9 Å². The SMILES string of the molecule is CCCCCC(C)(C)CNCCC(N)=O. The molecule has 0 radical (unpaired) electrons. The molecule has 3 heteroatoms. The highest BCUT2D eigenvalue weighted by Gasteiger charge is 2.16. The molecule has 0 spiro atoms. The lowest BCUT2D eigenvalue weighted by Crippen LogP contribution is -2.31. The van der Waals surface area contributed by atoms with E-state index in [4.69, 9.17) is 5.73 Å². The van der Waals surface area contributed by atoms with Gasteiger partial charge in [-0.2, -0.15) is 0 Å². The Kier molecular flexibility index (Phi) is 7.39. The number of carbonyl (C=O) groups is 1. The molecule has 3 nitrogen and oxygen atoms in total. The molecule has 0 aromatic carbocycles. The molecule has 0 atom stereocenters. The molecule has 15 heavy (non-hydrogen) atoms. The van der Waals surface area contributed by atoms with Crippen LogP contribution in [0, 0.1) is 5.41 Å². The van der Waals surface area contributed by atoms with E-state index in [0.717, 1.165) is 6.54 Å². The molecule has 0 saturated carbocycles. The molecule has 0 rings (SSSR count). The summed E-state index contributed by atoms with van der Waals surface area (Å²) in [5, 5.41) is 3.28. The number of hydrogen-bond donors (Lipinski definition) is 2. The summed E-state index contributed by atoms with van der Waals surface area (Å²) in [5.41, 5.74) is 5.39. The maximum Gasteiger partial charge on any atom is 0.218 e. The van der Waals surface area contributed by atoms with Crippen molar-refractivity contribution < 1.29 is 4.79 Å². The average Bonchev–Trinajstić information content (AvgIpc) is 2.13. The predicted molar refractivity (Wildman–Crippen MR) is 64.6 cm³/mol. The van der Waals surface area contributed by atoms with Crippen LogP contribution in [0.2, 0.25) is 0 Å². The van der Waals surface area contributed by atoms with Crippen LogP contribution >= 0.6 is 0 Å². The second-order valence-corrected chi connectivity index (χ2v) is 5.01. The van der Waals surface area contributed by atoms with E-state index in [9.17, 15) is 4.79 Å². The molecule has 90 valence electrons. The van der Waals surface area contributed by atoms with Crippen molar-refractivity contribution in [1.29, 1.82) is 0 Å². The summed E-state index contributed by atoms with van der Waals surface area (Å²) < 4.78 is 0. The molecule has 0 aliphatic heterocycles. The van der Waals surface area contributed by atoms with Crippen LogP contribution in [0.4, 0.5) is 0 Å². The third-order valence-electron chi connectivity index (χ3n) is 2.61. The van der Waals surface area contributed by atoms with Crippen molar-refractivity contribution in [3.05, 3.63) is 0 Å². The number of nitrogens with one attached hydrogen (secondary N) is 1. The van der Waals surface area contributed by atoms with Crippen molar-refractivity contribution >= 4 is 5.91 Å². The van der Waals surface area contributed by atoms with Crippen molar-refractivity contribution in [1.82, 2.24) is 5.32 Å². The zero-order valence-corrected chi connectivity index (χ0v) is 10.4. The van der Waals surface area contributed by atoms with Crippen LogP contribution in [0.3, 0.4) is 0 Å². The molecule has 1 amide bonds. The summed E-state index contributed by atoms with van der Waals surface area (Å²) >= 11 is 0. The predicted octanol–water partition coefficient (Wildman–Crippen LogP) is 2.06. The van der Waals surface area contributed by atoms with Gasteiger partial charge < -0.3 is 11.1 Å². The second-order valence-electron chi connectivity index (χ2n) is 5.01. The van der Waals surface area contributed by atoms with Gasteiger partial charge in [-0.15, -0.1) is 0 Å². The first-order chi connectivity index (χ1) is 6.98. The monoisotopic (exact) mass is 214 g/mol. The Hall–Kier alpha value is -0.570. The molecule has 3 N–H and O–H groups in total. The molecule has 0 saturated heterocycles. The van der Waals surface area contributed by atoms with Gasteiger partial charge in [-0.3, -0.25) is 4.79 Å². The molecule has 0 aromatic heterocycles. The molecule has 0 unspecified atom stereocenters. The smallest absolute Gasteiger partial charge is 0.218 e. The average molecular weight is 214 g/mol. The third kappa shape index (κ3) is 9.73. The maximum absolute atomic E-state index is 10.5. The summed E-state index contributed by atoms with van der Waals surface area (Å²) in [6.07, 6.45) is 5.55. The van der Waals surface area contributed by atoms with Gasteiger partial charge in [0.2, 0.25) is 5.91 Å². The summed E-state index contributed by atoms with van der Waals surface area (Å²) in [7, 11) is 0. The minimum absolute atomic E-state index is 0.230. The van der Waals surface area contributed by atoms with Gasteiger partial charge >= 0.3 is 0 Å². The normalized spacial score (nSPS) is 11.7. The van der Waals surface area contributed by atoms with E-state index >= 15 is 0 Å². The fourth-order valence-electron chi connectivity index (χ4n) is 1.58. The van der Waals surface area contributed by atoms with Crippen molar-refractivity contribution in [3.63, 3.8) is 0 Å². The number of nitrogens with two attached hydrogens (primary N) is 1. The third-order valence-corrected chi connectivity index (χ3v) is 2.61. The quantitative estimate of drug-likeness (QED) is 0.577. The fraction of sp³-hybridized carbons (Fsp3) is 0.917. The van der Waals surface area contributed by atoms with E-state index in [1.54, 1.807) is 0 Å². The molecule has 0 heterocycles. The molecule has 0 bridgehead atoms. The highest BCUT2D eigenvalue weighted by molar-refractivity contribution is 5.73. The lowest BCUT2D eigenvalue weighted by molar-refractivity contribution is -0.117. The molecule has 0 fully saturated rings. The first-order valence-corrected chi connectivity index (χ1v) is 5.97. The van der Waals surface area contributed by atoms with E-state index in [-0.39, 0.29) is 5.91 Å². The lowest BCUT2D eigenvalue weighted by atomic mass is 9.87. The minimum Gasteiger partial charge on any atom is -0.370 e. The van der Waals surface area contributed by atoms with Crippen LogP contribution in [-0.2, 0) is 4.79 Å². The van der Waals surface area contributed by atoms with E-state index < -0.39 is 0 Å². The highest BCUT2D eigenvalue weighted by atomic mass is 16.1. The van der Waals surface area contributed by atoms with Crippen LogP contribution in [0.15, 0.2) is 0 Å². The number of unbranched alkanes of at least 4 members (excludes halogenated alkanes) is 2. The van der Waals surface area contributed by atoms with E-state index in [0.29, 0.717) is 18.4 Å². The van der Waals surface area contributed by atoms with Crippen LogP contribution in [0.1, 0.15) is 52.9 Å². The van der Waals surface area contributed by atoms with Gasteiger partial charge in [0.1, 0.15) is 0 Å². The Labute approximate surface area is 93.8 Å². The topological polar surface area (TPSA) is 55.1 Å². The summed E-state index contributed by atoms with van der Waals surface area (Å²) in [5.74, 6) is -0.230. The lowest BCUT2D eigenvalue weighted by Gasteiger charge is -2.24. The Balaban J connectivity index is 3.50. The molecular formula is C12H26N2O. The molecule has 0 aliphatic rings. The number of hydrogen-bond acceptors (Lipinski definition) is 2. The second kappa shape index (κ2) is 7.69. The van der Waals surface area contributed by atoms with Gasteiger partial charge in [0, 0.05) is 19.5 Å². The summed E-state index contributed by atoms with van der Waals surface area (Å²) in [6, 6.07) is 0. The Bertz CT molecular complexity index is 178. The Morgan fingerprint density at radius 2 is 2.00 bits per heavy atom. The Morgan fingerprint density at radius 1 is 1.33 bits per heavy atom. The van der Waals surface area contributed by atoms with Gasteiger partial charge in [-0.25, -0.2) is 0 Å². The van der Waals surface area contributed by atoms with Gasteiger partial charge in [-0.05, 0) is 11.8 Å². The standard InChI is InChI=1S/C12H26N2O/c1-4-5-6-8-12(2,3)10-14-9-7-11(13)15/h14H,4-10H2,1-3H3,(H2,13,15). The summed E-state index contributed by atoms with van der Waals surface area (Å²) in [6.45, 7) is 8.41. The van der Waals surface area contributed by atoms with Crippen LogP contribution < -0.4 is 11.1 Å². The number of carbonyl (C=O) groups excluding carboxylic acids is 1. The van der Waals surface area contributed by atoms with Gasteiger partial charge in [0.25, 0.3) is 0 Å². The highest BCUT2D eigenvalue weighted by Crippen LogP contribution is 2.22. The number of amides is 1. The van der Waals surface area contributed by atoms with Gasteiger partial charge in [-0.1, -0.05) is 40.0 Å². The van der Waals surface area contributed by atoms with E-state index in [2.05, 4.69) is 26.1 Å². The largest absolute Gasteiger partial charge is 0.370 e. The summed E-state index contributed by atoms with van der Waals surface area (Å²) in [4.78, 5) is 10.5. The van der Waals surface area contributed by atoms with Crippen molar-refractivity contribution in [2.75, 3.05) is 13.1 Å². The molecule has 0 aliphatic carbocycles. The zero-order valence-electron chi connectivity index (χ0n) is 10.4. The van der Waals surface area contributed by atoms with Crippen LogP contribution in [0.25, 0.3) is 0 Å². The van der Waals surface area contributed by atoms with E-state index in [1.807, 2.05) is 0 Å². The zero-order chi connectivity index (χ0) is 11.7. The van der Waals surface area contributed by atoms with Crippen molar-refractivity contribution in [2.24, 2.45) is 11.1 Å². The van der Waals surface area contributed by atoms with Gasteiger partial charge in [0.05, 0.1) is 0 Å². The van der Waals surface area contributed by atoms with Crippen LogP contribution in [-0.4, -0.2) is 19.0 Å². The van der Waals surface area contributed by atoms with E-state index in [1.165, 1.54) is 25.7 Å². The fourth-order valence-corrected chi connectivity index (χ4v) is 1.58. The first-order valence-electron chi connectivity index (χ1n) is 5.97. The number of primary amides is 1. The van der Waals surface area contributed by atoms with Crippen LogP contribution in [0.5, 0.6) is 0 Å². The minimum atomic E-state index is -0.230.